The monoisotopic (exact) mass is 289 g/mol. The van der Waals surface area contributed by atoms with Crippen LogP contribution in [-0.4, -0.2) is 33.8 Å². The van der Waals surface area contributed by atoms with Gasteiger partial charge in [0.15, 0.2) is 6.61 Å². The Kier molecular flexibility index (Phi) is 4.22. The first-order chi connectivity index (χ1) is 9.97. The van der Waals surface area contributed by atoms with Crippen molar-refractivity contribution in [3.8, 4) is 5.75 Å². The average molecular weight is 289 g/mol. The minimum atomic E-state index is -1.04. The number of H-pyrrole nitrogens is 1. The van der Waals surface area contributed by atoms with E-state index in [1.807, 2.05) is 0 Å². The summed E-state index contributed by atoms with van der Waals surface area (Å²) >= 11 is 0. The van der Waals surface area contributed by atoms with E-state index in [1.54, 1.807) is 38.1 Å². The summed E-state index contributed by atoms with van der Waals surface area (Å²) in [6.45, 7) is 3.12. The number of benzene rings is 1. The molecule has 1 aromatic carbocycles. The molecular weight excluding hydrogens is 274 g/mol. The molecule has 0 unspecified atom stereocenters. The fourth-order valence-electron chi connectivity index (χ4n) is 1.86. The van der Waals surface area contributed by atoms with Gasteiger partial charge in [-0.15, -0.1) is 0 Å². The number of ether oxygens (including phenoxy) is 1. The van der Waals surface area contributed by atoms with E-state index in [-0.39, 0.29) is 5.91 Å². The summed E-state index contributed by atoms with van der Waals surface area (Å²) in [4.78, 5) is 22.5. The van der Waals surface area contributed by atoms with Crippen LogP contribution in [-0.2, 0) is 4.79 Å². The van der Waals surface area contributed by atoms with Crippen molar-refractivity contribution in [2.24, 2.45) is 0 Å². The van der Waals surface area contributed by atoms with Gasteiger partial charge < -0.3 is 15.2 Å². The van der Waals surface area contributed by atoms with E-state index in [1.165, 1.54) is 0 Å². The number of aryl methyl sites for hydroxylation is 2. The molecule has 0 saturated carbocycles. The van der Waals surface area contributed by atoms with Crippen molar-refractivity contribution < 1.29 is 19.4 Å². The number of hydrogen-bond donors (Lipinski definition) is 3. The number of aromatic nitrogens is 2. The summed E-state index contributed by atoms with van der Waals surface area (Å²) in [7, 11) is 0. The van der Waals surface area contributed by atoms with E-state index in [0.717, 1.165) is 0 Å². The summed E-state index contributed by atoms with van der Waals surface area (Å²) in [5.41, 5.74) is 2.43. The van der Waals surface area contributed by atoms with Crippen molar-refractivity contribution in [2.75, 3.05) is 11.9 Å². The Morgan fingerprint density at radius 1 is 1.29 bits per heavy atom. The van der Waals surface area contributed by atoms with Gasteiger partial charge in [0.25, 0.3) is 5.91 Å². The summed E-state index contributed by atoms with van der Waals surface area (Å²) in [5, 5.41) is 18.0. The maximum Gasteiger partial charge on any atom is 0.341 e. The van der Waals surface area contributed by atoms with E-state index in [4.69, 9.17) is 9.84 Å². The lowest BCUT2D eigenvalue weighted by Gasteiger charge is -2.07. The Bertz CT molecular complexity index is 642. The van der Waals surface area contributed by atoms with Gasteiger partial charge in [0.05, 0.1) is 11.3 Å². The Labute approximate surface area is 120 Å². The van der Waals surface area contributed by atoms with Gasteiger partial charge in [0.2, 0.25) is 0 Å². The average Bonchev–Trinajstić information content (AvgIpc) is 2.77. The molecule has 2 aromatic rings. The van der Waals surface area contributed by atoms with Crippen LogP contribution in [0.25, 0.3) is 0 Å². The highest BCUT2D eigenvalue weighted by molar-refractivity contribution is 6.05. The topological polar surface area (TPSA) is 104 Å². The van der Waals surface area contributed by atoms with Crippen LogP contribution in [0.2, 0.25) is 0 Å². The molecule has 3 N–H and O–H groups in total. The first kappa shape index (κ1) is 14.6. The normalized spacial score (nSPS) is 10.2. The number of hydrogen-bond acceptors (Lipinski definition) is 4. The van der Waals surface area contributed by atoms with Crippen molar-refractivity contribution >= 4 is 17.6 Å². The molecule has 0 spiro atoms. The van der Waals surface area contributed by atoms with Crippen LogP contribution in [0.15, 0.2) is 24.3 Å². The molecule has 0 aliphatic carbocycles. The van der Waals surface area contributed by atoms with Crippen LogP contribution in [0, 0.1) is 13.8 Å². The Balaban J connectivity index is 2.03. The predicted octanol–water partition coefficient (Wildman–Crippen LogP) is 1.74. The summed E-state index contributed by atoms with van der Waals surface area (Å²) in [6, 6.07) is 6.46. The number of amides is 1. The highest BCUT2D eigenvalue weighted by Gasteiger charge is 2.15. The van der Waals surface area contributed by atoms with E-state index in [0.29, 0.717) is 28.4 Å². The largest absolute Gasteiger partial charge is 0.482 e. The van der Waals surface area contributed by atoms with Gasteiger partial charge in [0.1, 0.15) is 5.75 Å². The fourth-order valence-corrected chi connectivity index (χ4v) is 1.86. The molecule has 1 amide bonds. The van der Waals surface area contributed by atoms with Crippen LogP contribution < -0.4 is 10.1 Å². The second-order valence-electron chi connectivity index (χ2n) is 4.47. The van der Waals surface area contributed by atoms with E-state index in [2.05, 4.69) is 15.5 Å². The zero-order valence-electron chi connectivity index (χ0n) is 11.6. The SMILES string of the molecule is Cc1n[nH]c(C)c1C(=O)Nc1ccc(OCC(=O)O)cc1. The van der Waals surface area contributed by atoms with E-state index >= 15 is 0 Å². The van der Waals surface area contributed by atoms with Crippen molar-refractivity contribution in [1.29, 1.82) is 0 Å². The molecule has 0 radical (unpaired) electrons. The van der Waals surface area contributed by atoms with E-state index < -0.39 is 12.6 Å². The Morgan fingerprint density at radius 3 is 2.48 bits per heavy atom. The number of anilines is 1. The van der Waals surface area contributed by atoms with Gasteiger partial charge in [-0.1, -0.05) is 0 Å². The maximum absolute atomic E-state index is 12.1. The summed E-state index contributed by atoms with van der Waals surface area (Å²) < 4.78 is 5.01. The highest BCUT2D eigenvalue weighted by atomic mass is 16.5. The Morgan fingerprint density at radius 2 is 1.95 bits per heavy atom. The lowest BCUT2D eigenvalue weighted by Crippen LogP contribution is -2.13. The number of carboxylic acid groups (broad SMARTS) is 1. The summed E-state index contributed by atoms with van der Waals surface area (Å²) in [5.74, 6) is -0.873. The smallest absolute Gasteiger partial charge is 0.341 e. The molecule has 0 saturated heterocycles. The number of nitrogens with one attached hydrogen (secondary N) is 2. The van der Waals surface area contributed by atoms with Crippen LogP contribution >= 0.6 is 0 Å². The Hall–Kier alpha value is -2.83. The third kappa shape index (κ3) is 3.59. The molecule has 7 heteroatoms. The molecule has 0 aliphatic heterocycles. The van der Waals surface area contributed by atoms with Crippen LogP contribution in [0.5, 0.6) is 5.75 Å². The third-order valence-corrected chi connectivity index (χ3v) is 2.83. The zero-order chi connectivity index (χ0) is 15.4. The minimum absolute atomic E-state index is 0.252. The molecule has 0 fully saturated rings. The second-order valence-corrected chi connectivity index (χ2v) is 4.47. The molecule has 2 rings (SSSR count). The van der Waals surface area contributed by atoms with Crippen molar-refractivity contribution in [2.45, 2.75) is 13.8 Å². The van der Waals surface area contributed by atoms with Gasteiger partial charge in [-0.05, 0) is 38.1 Å². The molecule has 7 nitrogen and oxygen atoms in total. The molecular formula is C14H15N3O4. The van der Waals surface area contributed by atoms with Gasteiger partial charge in [0, 0.05) is 11.4 Å². The van der Waals surface area contributed by atoms with Gasteiger partial charge in [-0.3, -0.25) is 9.89 Å². The first-order valence-electron chi connectivity index (χ1n) is 6.25. The molecule has 21 heavy (non-hydrogen) atoms. The maximum atomic E-state index is 12.1. The molecule has 1 heterocycles. The number of rotatable bonds is 5. The molecule has 0 aliphatic rings. The quantitative estimate of drug-likeness (QED) is 0.777. The number of carbonyl (C=O) groups excluding carboxylic acids is 1. The highest BCUT2D eigenvalue weighted by Crippen LogP contribution is 2.17. The number of aliphatic carboxylic acids is 1. The van der Waals surface area contributed by atoms with Gasteiger partial charge in [-0.2, -0.15) is 5.10 Å². The van der Waals surface area contributed by atoms with Gasteiger partial charge >= 0.3 is 5.97 Å². The van der Waals surface area contributed by atoms with Gasteiger partial charge in [-0.25, -0.2) is 4.79 Å². The zero-order valence-corrected chi connectivity index (χ0v) is 11.6. The van der Waals surface area contributed by atoms with Crippen LogP contribution in [0.1, 0.15) is 21.7 Å². The molecule has 0 bridgehead atoms. The molecule has 0 atom stereocenters. The first-order valence-corrected chi connectivity index (χ1v) is 6.25. The van der Waals surface area contributed by atoms with Crippen molar-refractivity contribution in [1.82, 2.24) is 10.2 Å². The third-order valence-electron chi connectivity index (χ3n) is 2.83. The van der Waals surface area contributed by atoms with E-state index in [9.17, 15) is 9.59 Å². The lowest BCUT2D eigenvalue weighted by atomic mass is 10.2. The fraction of sp³-hybridized carbons (Fsp3) is 0.214. The predicted molar refractivity (Wildman–Crippen MR) is 75.6 cm³/mol. The van der Waals surface area contributed by atoms with Crippen LogP contribution in [0.3, 0.4) is 0 Å². The van der Waals surface area contributed by atoms with Crippen LogP contribution in [0.4, 0.5) is 5.69 Å². The summed E-state index contributed by atoms with van der Waals surface area (Å²) in [6.07, 6.45) is 0. The van der Waals surface area contributed by atoms with Crippen molar-refractivity contribution in [3.05, 3.63) is 41.2 Å². The molecule has 1 aromatic heterocycles. The number of carbonyl (C=O) groups is 2. The lowest BCUT2D eigenvalue weighted by molar-refractivity contribution is -0.139. The number of aromatic amines is 1. The minimum Gasteiger partial charge on any atom is -0.482 e. The molecule has 110 valence electrons. The number of nitrogens with zero attached hydrogens (tertiary/aromatic N) is 1. The van der Waals surface area contributed by atoms with Crippen molar-refractivity contribution in [3.63, 3.8) is 0 Å². The standard InChI is InChI=1S/C14H15N3O4/c1-8-13(9(2)17-16-8)14(20)15-10-3-5-11(6-4-10)21-7-12(18)19/h3-6H,7H2,1-2H3,(H,15,20)(H,16,17)(H,18,19). The second kappa shape index (κ2) is 6.08. The number of carboxylic acids is 1.